The van der Waals surface area contributed by atoms with Gasteiger partial charge in [-0.05, 0) is 36.8 Å². The maximum atomic E-state index is 11.5. The van der Waals surface area contributed by atoms with Crippen LogP contribution in [0.4, 0.5) is 5.69 Å². The van der Waals surface area contributed by atoms with Gasteiger partial charge in [0.05, 0.1) is 4.92 Å². The van der Waals surface area contributed by atoms with Crippen LogP contribution in [-0.2, 0) is 9.84 Å². The zero-order valence-electron chi connectivity index (χ0n) is 12.4. The fourth-order valence-electron chi connectivity index (χ4n) is 2.07. The van der Waals surface area contributed by atoms with Crippen molar-refractivity contribution in [1.29, 1.82) is 5.26 Å². The van der Waals surface area contributed by atoms with E-state index in [4.69, 9.17) is 5.26 Å². The maximum absolute atomic E-state index is 11.5. The van der Waals surface area contributed by atoms with Gasteiger partial charge in [-0.15, -0.1) is 0 Å². The molecule has 8 heteroatoms. The van der Waals surface area contributed by atoms with Gasteiger partial charge in [-0.2, -0.15) is 5.26 Å². The number of nitro benzene ring substituents is 1. The normalized spacial score (nSPS) is 12.0. The van der Waals surface area contributed by atoms with E-state index in [0.29, 0.717) is 11.4 Å². The number of rotatable bonds is 4. The fourth-order valence-corrected chi connectivity index (χ4v) is 2.57. The van der Waals surface area contributed by atoms with Crippen molar-refractivity contribution in [3.05, 3.63) is 62.8 Å². The second-order valence-corrected chi connectivity index (χ2v) is 6.93. The summed E-state index contributed by atoms with van der Waals surface area (Å²) in [6.45, 7) is 1.74. The number of sulfone groups is 1. The topological polar surface area (TPSA) is 106 Å². The monoisotopic (exact) mass is 331 g/mol. The molecule has 0 aliphatic carbocycles. The lowest BCUT2D eigenvalue weighted by molar-refractivity contribution is -0.384. The zero-order valence-corrected chi connectivity index (χ0v) is 13.2. The number of nitrogens with zero attached hydrogens (tertiary/aromatic N) is 3. The van der Waals surface area contributed by atoms with Crippen LogP contribution in [0.1, 0.15) is 11.3 Å². The number of benzene rings is 1. The Balaban J connectivity index is 2.67. The first kappa shape index (κ1) is 16.5. The second-order valence-electron chi connectivity index (χ2n) is 4.94. The summed E-state index contributed by atoms with van der Waals surface area (Å²) in [5.74, 6) is 0. The van der Waals surface area contributed by atoms with E-state index in [1.807, 2.05) is 0 Å². The van der Waals surface area contributed by atoms with E-state index in [1.165, 1.54) is 16.7 Å². The summed E-state index contributed by atoms with van der Waals surface area (Å²) in [4.78, 5) is 10.3. The SMILES string of the molecule is Cc1ccc(-n2cccc2/C=C(/C#N)S(C)(=O)=O)c([N+](=O)[O-])c1. The third-order valence-corrected chi connectivity index (χ3v) is 4.16. The second kappa shape index (κ2) is 6.06. The maximum Gasteiger partial charge on any atom is 0.293 e. The van der Waals surface area contributed by atoms with Gasteiger partial charge in [0, 0.05) is 24.2 Å². The average molecular weight is 331 g/mol. The summed E-state index contributed by atoms with van der Waals surface area (Å²) in [5, 5.41) is 20.2. The lowest BCUT2D eigenvalue weighted by atomic mass is 10.2. The smallest absolute Gasteiger partial charge is 0.293 e. The zero-order chi connectivity index (χ0) is 17.2. The highest BCUT2D eigenvalue weighted by Gasteiger charge is 2.18. The molecule has 23 heavy (non-hydrogen) atoms. The summed E-state index contributed by atoms with van der Waals surface area (Å²) < 4.78 is 24.6. The van der Waals surface area contributed by atoms with Crippen molar-refractivity contribution in [3.63, 3.8) is 0 Å². The minimum Gasteiger partial charge on any atom is -0.311 e. The molecular weight excluding hydrogens is 318 g/mol. The standard InChI is InChI=1S/C15H13N3O4S/c1-11-5-6-14(15(8-11)18(19)20)17-7-3-4-12(17)9-13(10-16)23(2,21)22/h3-9H,1-2H3/b13-9-. The number of aromatic nitrogens is 1. The Morgan fingerprint density at radius 1 is 1.39 bits per heavy atom. The van der Waals surface area contributed by atoms with Crippen LogP contribution in [0.2, 0.25) is 0 Å². The van der Waals surface area contributed by atoms with Crippen molar-refractivity contribution in [2.24, 2.45) is 0 Å². The highest BCUT2D eigenvalue weighted by molar-refractivity contribution is 7.95. The number of nitriles is 1. The molecule has 0 aliphatic rings. The van der Waals surface area contributed by atoms with Crippen molar-refractivity contribution in [3.8, 4) is 11.8 Å². The molecule has 1 aromatic heterocycles. The van der Waals surface area contributed by atoms with E-state index in [-0.39, 0.29) is 5.69 Å². The molecule has 0 bridgehead atoms. The Hall–Kier alpha value is -2.92. The Morgan fingerprint density at radius 2 is 2.09 bits per heavy atom. The van der Waals surface area contributed by atoms with Crippen molar-refractivity contribution in [2.75, 3.05) is 6.26 Å². The highest BCUT2D eigenvalue weighted by atomic mass is 32.2. The minimum atomic E-state index is -3.67. The third-order valence-electron chi connectivity index (χ3n) is 3.16. The molecule has 0 amide bonds. The quantitative estimate of drug-likeness (QED) is 0.486. The van der Waals surface area contributed by atoms with Crippen LogP contribution < -0.4 is 0 Å². The van der Waals surface area contributed by atoms with Crippen LogP contribution in [0.3, 0.4) is 0 Å². The molecule has 0 fully saturated rings. The van der Waals surface area contributed by atoms with Gasteiger partial charge in [-0.3, -0.25) is 10.1 Å². The summed E-state index contributed by atoms with van der Waals surface area (Å²) in [6, 6.07) is 9.56. The fraction of sp³-hybridized carbons (Fsp3) is 0.133. The average Bonchev–Trinajstić information content (AvgIpc) is 2.91. The summed E-state index contributed by atoms with van der Waals surface area (Å²) in [7, 11) is -3.67. The number of hydrogen-bond acceptors (Lipinski definition) is 5. The number of hydrogen-bond donors (Lipinski definition) is 0. The first-order chi connectivity index (χ1) is 10.7. The van der Waals surface area contributed by atoms with Crippen molar-refractivity contribution in [2.45, 2.75) is 6.92 Å². The van der Waals surface area contributed by atoms with Crippen molar-refractivity contribution >= 4 is 21.6 Å². The van der Waals surface area contributed by atoms with E-state index >= 15 is 0 Å². The predicted octanol–water partition coefficient (Wildman–Crippen LogP) is 2.60. The predicted molar refractivity (Wildman–Crippen MR) is 85.6 cm³/mol. The van der Waals surface area contributed by atoms with Crippen LogP contribution in [0.5, 0.6) is 0 Å². The van der Waals surface area contributed by atoms with E-state index < -0.39 is 19.7 Å². The molecule has 7 nitrogen and oxygen atoms in total. The van der Waals surface area contributed by atoms with Gasteiger partial charge in [0.25, 0.3) is 5.69 Å². The van der Waals surface area contributed by atoms with Crippen LogP contribution in [-0.4, -0.2) is 24.2 Å². The number of allylic oxidation sites excluding steroid dienone is 1. The molecule has 0 N–H and O–H groups in total. The molecular formula is C15H13N3O4S. The molecule has 1 aromatic carbocycles. The molecule has 118 valence electrons. The van der Waals surface area contributed by atoms with Crippen LogP contribution in [0.25, 0.3) is 11.8 Å². The molecule has 0 spiro atoms. The Morgan fingerprint density at radius 3 is 2.65 bits per heavy atom. The van der Waals surface area contributed by atoms with E-state index in [0.717, 1.165) is 11.8 Å². The number of aryl methyl sites for hydroxylation is 1. The first-order valence-electron chi connectivity index (χ1n) is 6.48. The first-order valence-corrected chi connectivity index (χ1v) is 8.38. The summed E-state index contributed by atoms with van der Waals surface area (Å²) >= 11 is 0. The van der Waals surface area contributed by atoms with E-state index in [9.17, 15) is 18.5 Å². The molecule has 2 rings (SSSR count). The molecule has 0 saturated carbocycles. The molecule has 2 aromatic rings. The minimum absolute atomic E-state index is 0.103. The van der Waals surface area contributed by atoms with Crippen molar-refractivity contribution < 1.29 is 13.3 Å². The Bertz CT molecular complexity index is 949. The van der Waals surface area contributed by atoms with Gasteiger partial charge in [-0.25, -0.2) is 8.42 Å². The van der Waals surface area contributed by atoms with Crippen LogP contribution in [0, 0.1) is 28.4 Å². The largest absolute Gasteiger partial charge is 0.311 e. The Kier molecular flexibility index (Phi) is 4.33. The van der Waals surface area contributed by atoms with Crippen LogP contribution >= 0.6 is 0 Å². The Labute approximate surface area is 133 Å². The van der Waals surface area contributed by atoms with E-state index in [2.05, 4.69) is 0 Å². The summed E-state index contributed by atoms with van der Waals surface area (Å²) in [5.41, 5.74) is 1.29. The molecule has 0 atom stereocenters. The lowest BCUT2D eigenvalue weighted by Gasteiger charge is -2.08. The third kappa shape index (κ3) is 3.46. The van der Waals surface area contributed by atoms with Crippen molar-refractivity contribution in [1.82, 2.24) is 4.57 Å². The molecule has 0 radical (unpaired) electrons. The molecule has 1 heterocycles. The molecule has 0 unspecified atom stereocenters. The van der Waals surface area contributed by atoms with E-state index in [1.54, 1.807) is 43.5 Å². The number of nitro groups is 1. The van der Waals surface area contributed by atoms with Crippen LogP contribution in [0.15, 0.2) is 41.4 Å². The molecule has 0 saturated heterocycles. The van der Waals surface area contributed by atoms with Gasteiger partial charge in [-0.1, -0.05) is 6.07 Å². The van der Waals surface area contributed by atoms with Gasteiger partial charge in [0.2, 0.25) is 0 Å². The van der Waals surface area contributed by atoms with Gasteiger partial charge < -0.3 is 4.57 Å². The highest BCUT2D eigenvalue weighted by Crippen LogP contribution is 2.26. The van der Waals surface area contributed by atoms with Gasteiger partial charge in [0.15, 0.2) is 9.84 Å². The lowest BCUT2D eigenvalue weighted by Crippen LogP contribution is -2.03. The molecule has 0 aliphatic heterocycles. The van der Waals surface area contributed by atoms with Gasteiger partial charge >= 0.3 is 0 Å². The summed E-state index contributed by atoms with van der Waals surface area (Å²) in [6.07, 6.45) is 3.70. The van der Waals surface area contributed by atoms with Gasteiger partial charge in [0.1, 0.15) is 16.7 Å².